The summed E-state index contributed by atoms with van der Waals surface area (Å²) in [5.41, 5.74) is 1.23. The van der Waals surface area contributed by atoms with Crippen LogP contribution in [-0.2, 0) is 11.3 Å². The lowest BCUT2D eigenvalue weighted by Crippen LogP contribution is -2.58. The predicted octanol–water partition coefficient (Wildman–Crippen LogP) is 4.84. The van der Waals surface area contributed by atoms with Gasteiger partial charge in [0.15, 0.2) is 0 Å². The van der Waals surface area contributed by atoms with Crippen LogP contribution in [0.2, 0.25) is 0 Å². The highest BCUT2D eigenvalue weighted by Gasteiger charge is 2.39. The van der Waals surface area contributed by atoms with Crippen molar-refractivity contribution in [3.05, 3.63) is 48.0 Å². The Bertz CT molecular complexity index is 686. The highest BCUT2D eigenvalue weighted by atomic mass is 16.5. The summed E-state index contributed by atoms with van der Waals surface area (Å²) in [6, 6.07) is 10.7. The summed E-state index contributed by atoms with van der Waals surface area (Å²) in [7, 11) is 0. The van der Waals surface area contributed by atoms with Crippen molar-refractivity contribution in [2.24, 2.45) is 10.9 Å². The van der Waals surface area contributed by atoms with E-state index < -0.39 is 6.09 Å². The maximum absolute atomic E-state index is 12.2. The van der Waals surface area contributed by atoms with Crippen LogP contribution in [0.25, 0.3) is 0 Å². The minimum atomic E-state index is -0.491. The van der Waals surface area contributed by atoms with E-state index in [1.165, 1.54) is 24.8 Å². The predicted molar refractivity (Wildman–Crippen MR) is 113 cm³/mol. The van der Waals surface area contributed by atoms with Crippen LogP contribution in [0.1, 0.15) is 51.5 Å². The Kier molecular flexibility index (Phi) is 7.52. The summed E-state index contributed by atoms with van der Waals surface area (Å²) in [6.07, 6.45) is 9.97. The molecule has 0 radical (unpaired) electrons. The van der Waals surface area contributed by atoms with Crippen molar-refractivity contribution in [3.63, 3.8) is 0 Å². The zero-order valence-corrected chi connectivity index (χ0v) is 17.2. The van der Waals surface area contributed by atoms with E-state index in [0.29, 0.717) is 18.6 Å². The van der Waals surface area contributed by atoms with Gasteiger partial charge in [-0.1, -0.05) is 68.7 Å². The summed E-state index contributed by atoms with van der Waals surface area (Å²) in [5.74, 6) is 1.32. The topological polar surface area (TPSA) is 45.1 Å². The number of aliphatic imine (C=N–C) groups is 1. The number of hydrogen-bond acceptors (Lipinski definition) is 2. The van der Waals surface area contributed by atoms with Crippen LogP contribution in [0, 0.1) is 5.92 Å². The molecule has 0 bridgehead atoms. The number of carbonyl (C=O) groups is 1. The molecule has 1 aromatic rings. The first-order chi connectivity index (χ1) is 13.7. The fraction of sp³-hybridized carbons (Fsp3) is 0.565. The lowest BCUT2D eigenvalue weighted by molar-refractivity contribution is 0.146. The Labute approximate surface area is 169 Å². The molecule has 3 rings (SSSR count). The zero-order chi connectivity index (χ0) is 19.8. The molecule has 0 spiro atoms. The molecule has 1 fully saturated rings. The molecule has 152 valence electrons. The van der Waals surface area contributed by atoms with Gasteiger partial charge in [-0.25, -0.2) is 4.79 Å². The number of benzene rings is 1. The van der Waals surface area contributed by atoms with E-state index in [1.54, 1.807) is 0 Å². The summed E-state index contributed by atoms with van der Waals surface area (Å²) in [4.78, 5) is 21.3. The van der Waals surface area contributed by atoms with E-state index in [4.69, 9.17) is 4.74 Å². The smallest absolute Gasteiger partial charge is 0.436 e. The molecule has 1 amide bonds. The van der Waals surface area contributed by atoms with Gasteiger partial charge in [-0.15, -0.1) is 4.99 Å². The summed E-state index contributed by atoms with van der Waals surface area (Å²) in [5, 5.41) is 0. The lowest BCUT2D eigenvalue weighted by Gasteiger charge is -2.46. The van der Waals surface area contributed by atoms with Crippen LogP contribution in [0.3, 0.4) is 0 Å². The second-order valence-corrected chi connectivity index (χ2v) is 7.65. The van der Waals surface area contributed by atoms with Crippen LogP contribution >= 0.6 is 0 Å². The Balaban J connectivity index is 1.84. The zero-order valence-electron chi connectivity index (χ0n) is 17.2. The van der Waals surface area contributed by atoms with Gasteiger partial charge < -0.3 is 14.5 Å². The number of nitrogens with zero attached hydrogens (tertiary/aromatic N) is 3. The molecule has 0 aromatic heterocycles. The largest absolute Gasteiger partial charge is 0.448 e. The van der Waals surface area contributed by atoms with Crippen molar-refractivity contribution in [2.45, 2.75) is 58.5 Å². The van der Waals surface area contributed by atoms with Crippen LogP contribution < -0.4 is 0 Å². The lowest BCUT2D eigenvalue weighted by atomic mass is 9.97. The normalized spacial score (nSPS) is 22.6. The highest BCUT2D eigenvalue weighted by molar-refractivity contribution is 5.91. The molecule has 5 heteroatoms. The number of amides is 1. The average Bonchev–Trinajstić information content (AvgIpc) is 3.16. The maximum atomic E-state index is 12.2. The third-order valence-corrected chi connectivity index (χ3v) is 5.54. The van der Waals surface area contributed by atoms with Gasteiger partial charge in [0.1, 0.15) is 0 Å². The molecule has 0 N–H and O–H groups in total. The summed E-state index contributed by atoms with van der Waals surface area (Å²) >= 11 is 0. The first kappa shape index (κ1) is 20.4. The van der Waals surface area contributed by atoms with Gasteiger partial charge in [0.25, 0.3) is 0 Å². The average molecular weight is 384 g/mol. The number of fused-ring (bicyclic) bond motifs is 1. The number of unbranched alkanes of at least 4 members (excludes halogenated alkanes) is 3. The van der Waals surface area contributed by atoms with E-state index in [1.807, 2.05) is 13.0 Å². The van der Waals surface area contributed by atoms with E-state index in [-0.39, 0.29) is 0 Å². The minimum absolute atomic E-state index is 0.335. The van der Waals surface area contributed by atoms with Gasteiger partial charge in [0.05, 0.1) is 12.6 Å². The Morgan fingerprint density at radius 3 is 2.75 bits per heavy atom. The van der Waals surface area contributed by atoms with Gasteiger partial charge in [0.2, 0.25) is 5.96 Å². The number of allylic oxidation sites excluding steroid dienone is 1. The van der Waals surface area contributed by atoms with Crippen LogP contribution in [0.15, 0.2) is 47.5 Å². The standard InChI is InChI=1S/C23H33N3O2/c1-3-5-6-10-16-26-21-15-11-14-20(21)18-25(17-19-12-8-7-9-13-19)22(26)24-23(27)28-4-2/h7-9,11-13,15,20-21H,3-6,10,14,16-18H2,1-2H3/b24-22+/t20-,21-/m0/s1. The van der Waals surface area contributed by atoms with Crippen molar-refractivity contribution < 1.29 is 9.53 Å². The Hall–Kier alpha value is -2.30. The Morgan fingerprint density at radius 2 is 2.00 bits per heavy atom. The number of carbonyl (C=O) groups excluding carboxylic acids is 1. The molecular weight excluding hydrogens is 350 g/mol. The number of guanidine groups is 1. The SMILES string of the molecule is CCCCCCN1/C(=N/C(=O)OCC)N(Cc2ccccc2)C[C@@H]2CC=C[C@@H]21. The molecule has 2 atom stereocenters. The number of rotatable bonds is 8. The fourth-order valence-electron chi connectivity index (χ4n) is 4.18. The van der Waals surface area contributed by atoms with Crippen molar-refractivity contribution in [1.29, 1.82) is 0 Å². The number of ether oxygens (including phenoxy) is 1. The van der Waals surface area contributed by atoms with E-state index in [2.05, 4.69) is 58.1 Å². The number of hydrogen-bond donors (Lipinski definition) is 0. The quantitative estimate of drug-likeness (QED) is 0.476. The van der Waals surface area contributed by atoms with Crippen molar-refractivity contribution in [3.8, 4) is 0 Å². The minimum Gasteiger partial charge on any atom is -0.448 e. The second-order valence-electron chi connectivity index (χ2n) is 7.65. The molecule has 28 heavy (non-hydrogen) atoms. The van der Waals surface area contributed by atoms with Crippen molar-refractivity contribution in [1.82, 2.24) is 9.80 Å². The summed E-state index contributed by atoms with van der Waals surface area (Å²) < 4.78 is 5.15. The molecule has 1 heterocycles. The molecule has 0 saturated carbocycles. The van der Waals surface area contributed by atoms with Gasteiger partial charge >= 0.3 is 6.09 Å². The first-order valence-corrected chi connectivity index (χ1v) is 10.7. The van der Waals surface area contributed by atoms with Crippen LogP contribution in [0.5, 0.6) is 0 Å². The molecule has 1 saturated heterocycles. The monoisotopic (exact) mass is 383 g/mol. The van der Waals surface area contributed by atoms with Crippen molar-refractivity contribution >= 4 is 12.1 Å². The highest BCUT2D eigenvalue weighted by Crippen LogP contribution is 2.31. The molecular formula is C23H33N3O2. The Morgan fingerprint density at radius 1 is 1.18 bits per heavy atom. The van der Waals surface area contributed by atoms with E-state index >= 15 is 0 Å². The van der Waals surface area contributed by atoms with Gasteiger partial charge in [-0.3, -0.25) is 0 Å². The van der Waals surface area contributed by atoms with Crippen molar-refractivity contribution in [2.75, 3.05) is 19.7 Å². The first-order valence-electron chi connectivity index (χ1n) is 10.7. The van der Waals surface area contributed by atoms with Gasteiger partial charge in [0, 0.05) is 25.6 Å². The molecule has 0 unspecified atom stereocenters. The fourth-order valence-corrected chi connectivity index (χ4v) is 4.18. The second kappa shape index (κ2) is 10.3. The van der Waals surface area contributed by atoms with Gasteiger partial charge in [-0.05, 0) is 25.3 Å². The molecule has 2 aliphatic rings. The van der Waals surface area contributed by atoms with Gasteiger partial charge in [-0.2, -0.15) is 0 Å². The molecule has 1 aliphatic carbocycles. The molecule has 5 nitrogen and oxygen atoms in total. The van der Waals surface area contributed by atoms with Crippen LogP contribution in [0.4, 0.5) is 4.79 Å². The summed E-state index contributed by atoms with van der Waals surface area (Å²) in [6.45, 7) is 6.99. The molecule has 1 aromatic carbocycles. The third-order valence-electron chi connectivity index (χ3n) is 5.54. The third kappa shape index (κ3) is 5.15. The maximum Gasteiger partial charge on any atom is 0.436 e. The molecule has 1 aliphatic heterocycles. The van der Waals surface area contributed by atoms with Crippen LogP contribution in [-0.4, -0.2) is 47.6 Å². The van der Waals surface area contributed by atoms with E-state index in [9.17, 15) is 4.79 Å². The van der Waals surface area contributed by atoms with E-state index in [0.717, 1.165) is 38.4 Å².